The molecule has 1 atom stereocenters. The quantitative estimate of drug-likeness (QED) is 0.562. The molecule has 0 amide bonds. The summed E-state index contributed by atoms with van der Waals surface area (Å²) >= 11 is 0. The van der Waals surface area contributed by atoms with Crippen LogP contribution < -0.4 is 10.9 Å². The van der Waals surface area contributed by atoms with Gasteiger partial charge in [-0.25, -0.2) is 0 Å². The predicted molar refractivity (Wildman–Crippen MR) is 111 cm³/mol. The van der Waals surface area contributed by atoms with Gasteiger partial charge < -0.3 is 20.5 Å². The fourth-order valence-corrected chi connectivity index (χ4v) is 4.15. The lowest BCUT2D eigenvalue weighted by molar-refractivity contribution is 0.171. The minimum atomic E-state index is -0.736. The van der Waals surface area contributed by atoms with Crippen LogP contribution in [0.5, 0.6) is 5.75 Å². The van der Waals surface area contributed by atoms with Gasteiger partial charge in [0.05, 0.1) is 11.6 Å². The lowest BCUT2D eigenvalue weighted by Gasteiger charge is -2.18. The number of benzene rings is 2. The highest BCUT2D eigenvalue weighted by atomic mass is 16.3. The van der Waals surface area contributed by atoms with Crippen LogP contribution in [0.4, 0.5) is 0 Å². The molecule has 1 unspecified atom stereocenters. The van der Waals surface area contributed by atoms with E-state index in [-0.39, 0.29) is 11.3 Å². The maximum absolute atomic E-state index is 11.9. The molecule has 1 aliphatic rings. The highest BCUT2D eigenvalue weighted by Gasteiger charge is 2.23. The van der Waals surface area contributed by atoms with E-state index in [1.165, 1.54) is 28.3 Å². The molecule has 4 rings (SSSR count). The fraction of sp³-hybridized carbons (Fsp3) is 0.348. The maximum Gasteiger partial charge on any atom is 0.251 e. The molecule has 4 N–H and O–H groups in total. The molecule has 0 saturated heterocycles. The van der Waals surface area contributed by atoms with Crippen molar-refractivity contribution in [2.75, 3.05) is 6.54 Å². The zero-order chi connectivity index (χ0) is 20.0. The first-order valence-electron chi connectivity index (χ1n) is 9.69. The van der Waals surface area contributed by atoms with E-state index in [0.717, 1.165) is 12.8 Å². The van der Waals surface area contributed by atoms with Crippen LogP contribution in [-0.4, -0.2) is 27.8 Å². The van der Waals surface area contributed by atoms with Gasteiger partial charge in [-0.05, 0) is 73.6 Å². The lowest BCUT2D eigenvalue weighted by atomic mass is 10.0. The van der Waals surface area contributed by atoms with Crippen LogP contribution in [0.1, 0.15) is 39.5 Å². The minimum absolute atomic E-state index is 0.00740. The Labute approximate surface area is 164 Å². The van der Waals surface area contributed by atoms with Gasteiger partial charge in [-0.15, -0.1) is 0 Å². The first-order chi connectivity index (χ1) is 13.3. The van der Waals surface area contributed by atoms with E-state index in [2.05, 4.69) is 36.3 Å². The molecule has 0 aliphatic heterocycles. The van der Waals surface area contributed by atoms with Crippen LogP contribution in [0.3, 0.4) is 0 Å². The van der Waals surface area contributed by atoms with Crippen molar-refractivity contribution in [3.63, 3.8) is 0 Å². The smallest absolute Gasteiger partial charge is 0.251 e. The molecule has 1 aliphatic carbocycles. The SMILES string of the molecule is Cc1cc2c(cc1C)CC(NCC(O)c1ccc(O)c3[nH]c(=O)c(C)cc13)C2. The van der Waals surface area contributed by atoms with Crippen LogP contribution in [0.15, 0.2) is 35.1 Å². The summed E-state index contributed by atoms with van der Waals surface area (Å²) in [5.74, 6) is 0.00740. The molecule has 28 heavy (non-hydrogen) atoms. The molecule has 0 bridgehead atoms. The van der Waals surface area contributed by atoms with E-state index in [1.54, 1.807) is 19.1 Å². The molecular formula is C23H26N2O3. The van der Waals surface area contributed by atoms with Crippen LogP contribution >= 0.6 is 0 Å². The van der Waals surface area contributed by atoms with Crippen LogP contribution in [-0.2, 0) is 12.8 Å². The Kier molecular flexibility index (Phi) is 4.73. The number of aryl methyl sites for hydroxylation is 3. The van der Waals surface area contributed by atoms with Crippen molar-refractivity contribution in [2.45, 2.75) is 45.8 Å². The summed E-state index contributed by atoms with van der Waals surface area (Å²) in [7, 11) is 0. The molecule has 0 fully saturated rings. The molecule has 0 spiro atoms. The van der Waals surface area contributed by atoms with E-state index in [1.807, 2.05) is 0 Å². The number of rotatable bonds is 4. The molecule has 146 valence electrons. The second kappa shape index (κ2) is 7.08. The van der Waals surface area contributed by atoms with Crippen LogP contribution in [0.25, 0.3) is 10.9 Å². The Balaban J connectivity index is 1.52. The van der Waals surface area contributed by atoms with E-state index in [4.69, 9.17) is 0 Å². The third kappa shape index (κ3) is 3.32. The van der Waals surface area contributed by atoms with Gasteiger partial charge in [0.1, 0.15) is 5.75 Å². The van der Waals surface area contributed by atoms with Crippen LogP contribution in [0, 0.1) is 20.8 Å². The van der Waals surface area contributed by atoms with Gasteiger partial charge >= 0.3 is 0 Å². The number of pyridine rings is 1. The van der Waals surface area contributed by atoms with Gasteiger partial charge in [0, 0.05) is 23.5 Å². The Morgan fingerprint density at radius 3 is 2.36 bits per heavy atom. The highest BCUT2D eigenvalue weighted by molar-refractivity contribution is 5.88. The number of H-pyrrole nitrogens is 1. The first-order valence-corrected chi connectivity index (χ1v) is 9.69. The second-order valence-electron chi connectivity index (χ2n) is 7.98. The Hall–Kier alpha value is -2.63. The topological polar surface area (TPSA) is 85.3 Å². The third-order valence-electron chi connectivity index (χ3n) is 5.92. The number of fused-ring (bicyclic) bond motifs is 2. The Morgan fingerprint density at radius 2 is 1.71 bits per heavy atom. The monoisotopic (exact) mass is 378 g/mol. The van der Waals surface area contributed by atoms with E-state index in [0.29, 0.717) is 34.6 Å². The predicted octanol–water partition coefficient (Wildman–Crippen LogP) is 2.95. The zero-order valence-corrected chi connectivity index (χ0v) is 16.5. The summed E-state index contributed by atoms with van der Waals surface area (Å²) in [6.07, 6.45) is 1.19. The van der Waals surface area contributed by atoms with E-state index in [9.17, 15) is 15.0 Å². The zero-order valence-electron chi connectivity index (χ0n) is 16.5. The molecule has 1 aromatic heterocycles. The molecule has 1 heterocycles. The van der Waals surface area contributed by atoms with Gasteiger partial charge in [0.25, 0.3) is 5.56 Å². The molecule has 3 aromatic rings. The molecule has 2 aromatic carbocycles. The number of phenols is 1. The minimum Gasteiger partial charge on any atom is -0.506 e. The number of hydrogen-bond donors (Lipinski definition) is 4. The molecular weight excluding hydrogens is 352 g/mol. The van der Waals surface area contributed by atoms with Crippen molar-refractivity contribution < 1.29 is 10.2 Å². The summed E-state index contributed by atoms with van der Waals surface area (Å²) in [5.41, 5.74) is 6.79. The number of nitrogens with one attached hydrogen (secondary N) is 2. The van der Waals surface area contributed by atoms with Crippen LogP contribution in [0.2, 0.25) is 0 Å². The number of aromatic nitrogens is 1. The van der Waals surface area contributed by atoms with E-state index >= 15 is 0 Å². The summed E-state index contributed by atoms with van der Waals surface area (Å²) in [5, 5.41) is 25.0. The Bertz CT molecular complexity index is 1090. The number of aliphatic hydroxyl groups excluding tert-OH is 1. The van der Waals surface area contributed by atoms with Crippen molar-refractivity contribution >= 4 is 10.9 Å². The number of aromatic amines is 1. The molecule has 5 heteroatoms. The molecule has 5 nitrogen and oxygen atoms in total. The third-order valence-corrected chi connectivity index (χ3v) is 5.92. The summed E-state index contributed by atoms with van der Waals surface area (Å²) in [6, 6.07) is 9.81. The van der Waals surface area contributed by atoms with Crippen molar-refractivity contribution in [1.29, 1.82) is 0 Å². The summed E-state index contributed by atoms with van der Waals surface area (Å²) < 4.78 is 0. The Morgan fingerprint density at radius 1 is 1.07 bits per heavy atom. The second-order valence-corrected chi connectivity index (χ2v) is 7.98. The number of aromatic hydroxyl groups is 1. The average Bonchev–Trinajstić information content (AvgIpc) is 3.03. The fourth-order valence-electron chi connectivity index (χ4n) is 4.15. The van der Waals surface area contributed by atoms with Gasteiger partial charge in [-0.3, -0.25) is 4.79 Å². The largest absolute Gasteiger partial charge is 0.506 e. The standard InChI is InChI=1S/C23H26N2O3/c1-12-6-15-9-17(10-16(15)7-13(12)2)24-11-21(27)18-4-5-20(26)22-19(18)8-14(3)23(28)25-22/h4-8,17,21,24,26-27H,9-11H2,1-3H3,(H,25,28). The summed E-state index contributed by atoms with van der Waals surface area (Å²) in [6.45, 7) is 6.41. The maximum atomic E-state index is 11.9. The van der Waals surface area contributed by atoms with E-state index < -0.39 is 6.10 Å². The van der Waals surface area contributed by atoms with Gasteiger partial charge in [0.2, 0.25) is 0 Å². The van der Waals surface area contributed by atoms with Crippen molar-refractivity contribution in [3.8, 4) is 5.75 Å². The van der Waals surface area contributed by atoms with Gasteiger partial charge in [-0.2, -0.15) is 0 Å². The molecule has 0 radical (unpaired) electrons. The van der Waals surface area contributed by atoms with Gasteiger partial charge in [-0.1, -0.05) is 18.2 Å². The van der Waals surface area contributed by atoms with Crippen molar-refractivity contribution in [3.05, 3.63) is 74.1 Å². The number of phenolic OH excluding ortho intramolecular Hbond substituents is 1. The van der Waals surface area contributed by atoms with Gasteiger partial charge in [0.15, 0.2) is 0 Å². The number of hydrogen-bond acceptors (Lipinski definition) is 4. The first kappa shape index (κ1) is 18.7. The number of aliphatic hydroxyl groups is 1. The van der Waals surface area contributed by atoms with Crippen molar-refractivity contribution in [1.82, 2.24) is 10.3 Å². The molecule has 0 saturated carbocycles. The van der Waals surface area contributed by atoms with Crippen molar-refractivity contribution in [2.24, 2.45) is 0 Å². The average molecular weight is 378 g/mol. The highest BCUT2D eigenvalue weighted by Crippen LogP contribution is 2.30. The summed E-state index contributed by atoms with van der Waals surface area (Å²) in [4.78, 5) is 14.6. The normalized spacial score (nSPS) is 15.1. The lowest BCUT2D eigenvalue weighted by Crippen LogP contribution is -2.33.